The molecule has 7 heteroatoms. The monoisotopic (exact) mass is 344 g/mol. The summed E-state index contributed by atoms with van der Waals surface area (Å²) >= 11 is 1.37. The minimum atomic E-state index is -0.174. The summed E-state index contributed by atoms with van der Waals surface area (Å²) in [5, 5.41) is 13.3. The standard InChI is InChI=1S/C17H20N4O2S/c1-10-11(2)21(3)14-6-5-12(9-13(10)14)16(22)18-17-20-19-15(24-17)7-8-23-4/h5-6,9H,7-8H2,1-4H3,(H,18,20,22). The van der Waals surface area contributed by atoms with Crippen molar-refractivity contribution in [3.8, 4) is 0 Å². The molecule has 0 saturated carbocycles. The average molecular weight is 344 g/mol. The number of hydrogen-bond donors (Lipinski definition) is 1. The van der Waals surface area contributed by atoms with Gasteiger partial charge < -0.3 is 9.30 Å². The second kappa shape index (κ2) is 6.70. The highest BCUT2D eigenvalue weighted by molar-refractivity contribution is 7.15. The largest absolute Gasteiger partial charge is 0.384 e. The summed E-state index contributed by atoms with van der Waals surface area (Å²) in [6.45, 7) is 4.75. The van der Waals surface area contributed by atoms with E-state index in [1.54, 1.807) is 7.11 Å². The molecule has 0 atom stereocenters. The highest BCUT2D eigenvalue weighted by Crippen LogP contribution is 2.25. The molecule has 6 nitrogen and oxygen atoms in total. The number of nitrogens with one attached hydrogen (secondary N) is 1. The molecule has 3 aromatic rings. The van der Waals surface area contributed by atoms with Crippen LogP contribution in [-0.4, -0.2) is 34.4 Å². The van der Waals surface area contributed by atoms with Crippen molar-refractivity contribution >= 4 is 33.3 Å². The van der Waals surface area contributed by atoms with Gasteiger partial charge in [-0.05, 0) is 37.6 Å². The number of benzene rings is 1. The maximum absolute atomic E-state index is 12.5. The van der Waals surface area contributed by atoms with Gasteiger partial charge in [-0.2, -0.15) is 0 Å². The number of ether oxygens (including phenoxy) is 1. The third-order valence-electron chi connectivity index (χ3n) is 4.28. The summed E-state index contributed by atoms with van der Waals surface area (Å²) in [6, 6.07) is 5.75. The summed E-state index contributed by atoms with van der Waals surface area (Å²) in [6.07, 6.45) is 0.693. The van der Waals surface area contributed by atoms with E-state index in [-0.39, 0.29) is 5.91 Å². The van der Waals surface area contributed by atoms with Crippen molar-refractivity contribution in [1.82, 2.24) is 14.8 Å². The Hall–Kier alpha value is -2.25. The Kier molecular flexibility index (Phi) is 4.64. The zero-order chi connectivity index (χ0) is 17.3. The number of aromatic nitrogens is 3. The lowest BCUT2D eigenvalue weighted by Gasteiger charge is -2.03. The fourth-order valence-corrected chi connectivity index (χ4v) is 3.38. The number of hydrogen-bond acceptors (Lipinski definition) is 5. The minimum absolute atomic E-state index is 0.174. The molecule has 1 amide bonds. The lowest BCUT2D eigenvalue weighted by atomic mass is 10.1. The van der Waals surface area contributed by atoms with Gasteiger partial charge in [-0.25, -0.2) is 0 Å². The summed E-state index contributed by atoms with van der Waals surface area (Å²) in [5.41, 5.74) is 4.14. The van der Waals surface area contributed by atoms with Gasteiger partial charge in [0.15, 0.2) is 0 Å². The first-order valence-corrected chi connectivity index (χ1v) is 8.51. The predicted molar refractivity (Wildman–Crippen MR) is 95.8 cm³/mol. The Labute approximate surface area is 144 Å². The van der Waals surface area contributed by atoms with Crippen LogP contribution in [0.3, 0.4) is 0 Å². The molecule has 0 saturated heterocycles. The third-order valence-corrected chi connectivity index (χ3v) is 5.18. The van der Waals surface area contributed by atoms with E-state index < -0.39 is 0 Å². The van der Waals surface area contributed by atoms with E-state index in [2.05, 4.69) is 33.9 Å². The van der Waals surface area contributed by atoms with E-state index in [1.165, 1.54) is 22.6 Å². The van der Waals surface area contributed by atoms with Crippen molar-refractivity contribution < 1.29 is 9.53 Å². The lowest BCUT2D eigenvalue weighted by molar-refractivity contribution is 0.102. The van der Waals surface area contributed by atoms with Crippen LogP contribution < -0.4 is 5.32 Å². The van der Waals surface area contributed by atoms with E-state index in [9.17, 15) is 4.79 Å². The van der Waals surface area contributed by atoms with E-state index in [4.69, 9.17) is 4.74 Å². The van der Waals surface area contributed by atoms with E-state index >= 15 is 0 Å². The molecule has 0 bridgehead atoms. The van der Waals surface area contributed by atoms with E-state index in [1.807, 2.05) is 25.2 Å². The highest BCUT2D eigenvalue weighted by Gasteiger charge is 2.14. The van der Waals surface area contributed by atoms with Gasteiger partial charge in [0.25, 0.3) is 5.91 Å². The lowest BCUT2D eigenvalue weighted by Crippen LogP contribution is -2.11. The smallest absolute Gasteiger partial charge is 0.257 e. The molecule has 0 radical (unpaired) electrons. The van der Waals surface area contributed by atoms with Gasteiger partial charge in [0.05, 0.1) is 6.61 Å². The van der Waals surface area contributed by atoms with Gasteiger partial charge in [-0.1, -0.05) is 11.3 Å². The fraction of sp³-hybridized carbons (Fsp3) is 0.353. The Morgan fingerprint density at radius 2 is 2.12 bits per heavy atom. The van der Waals surface area contributed by atoms with Gasteiger partial charge in [0.1, 0.15) is 5.01 Å². The fourth-order valence-electron chi connectivity index (χ4n) is 2.66. The first-order valence-electron chi connectivity index (χ1n) is 7.69. The number of rotatable bonds is 5. The normalized spacial score (nSPS) is 11.2. The number of fused-ring (bicyclic) bond motifs is 1. The zero-order valence-electron chi connectivity index (χ0n) is 14.2. The van der Waals surface area contributed by atoms with Crippen molar-refractivity contribution in [2.24, 2.45) is 7.05 Å². The molecule has 1 aromatic carbocycles. The van der Waals surface area contributed by atoms with E-state index in [0.29, 0.717) is 23.7 Å². The third kappa shape index (κ3) is 3.05. The van der Waals surface area contributed by atoms with Crippen molar-refractivity contribution in [2.75, 3.05) is 19.0 Å². The molecule has 0 aliphatic carbocycles. The maximum atomic E-state index is 12.5. The topological polar surface area (TPSA) is 69.0 Å². The van der Waals surface area contributed by atoms with Crippen molar-refractivity contribution in [1.29, 1.82) is 0 Å². The average Bonchev–Trinajstić information content (AvgIpc) is 3.12. The van der Waals surface area contributed by atoms with Crippen LogP contribution in [0.15, 0.2) is 18.2 Å². The molecule has 0 unspecified atom stereocenters. The minimum Gasteiger partial charge on any atom is -0.384 e. The Balaban J connectivity index is 1.81. The Bertz CT molecular complexity index is 898. The SMILES string of the molecule is COCCc1nnc(NC(=O)c2ccc3c(c2)c(C)c(C)n3C)s1. The maximum Gasteiger partial charge on any atom is 0.257 e. The number of amides is 1. The van der Waals surface area contributed by atoms with Crippen LogP contribution in [0.5, 0.6) is 0 Å². The second-order valence-electron chi connectivity index (χ2n) is 5.70. The van der Waals surface area contributed by atoms with Crippen LogP contribution in [0.1, 0.15) is 26.6 Å². The van der Waals surface area contributed by atoms with Crippen LogP contribution in [-0.2, 0) is 18.2 Å². The predicted octanol–water partition coefficient (Wildman–Crippen LogP) is 3.09. The molecule has 1 N–H and O–H groups in total. The molecule has 0 spiro atoms. The van der Waals surface area contributed by atoms with Crippen molar-refractivity contribution in [2.45, 2.75) is 20.3 Å². The molecule has 2 aromatic heterocycles. The van der Waals surface area contributed by atoms with Crippen LogP contribution in [0, 0.1) is 13.8 Å². The molecule has 2 heterocycles. The molecule has 3 rings (SSSR count). The van der Waals surface area contributed by atoms with Crippen LogP contribution in [0.25, 0.3) is 10.9 Å². The number of methoxy groups -OCH3 is 1. The molecule has 0 aliphatic heterocycles. The summed E-state index contributed by atoms with van der Waals surface area (Å²) in [7, 11) is 3.68. The number of carbonyl (C=O) groups is 1. The summed E-state index contributed by atoms with van der Waals surface area (Å²) in [4.78, 5) is 12.5. The second-order valence-corrected chi connectivity index (χ2v) is 6.76. The Morgan fingerprint density at radius 1 is 1.33 bits per heavy atom. The quantitative estimate of drug-likeness (QED) is 0.772. The number of anilines is 1. The summed E-state index contributed by atoms with van der Waals surface area (Å²) in [5.74, 6) is -0.174. The molecule has 0 fully saturated rings. The number of aryl methyl sites for hydroxylation is 2. The molecular weight excluding hydrogens is 324 g/mol. The van der Waals surface area contributed by atoms with E-state index in [0.717, 1.165) is 15.9 Å². The molecule has 24 heavy (non-hydrogen) atoms. The zero-order valence-corrected chi connectivity index (χ0v) is 15.0. The number of carbonyl (C=O) groups excluding carboxylic acids is 1. The molecular formula is C17H20N4O2S. The molecule has 126 valence electrons. The summed E-state index contributed by atoms with van der Waals surface area (Å²) < 4.78 is 7.16. The number of nitrogens with zero attached hydrogens (tertiary/aromatic N) is 3. The molecule has 0 aliphatic rings. The van der Waals surface area contributed by atoms with Gasteiger partial charge in [0, 0.05) is 42.7 Å². The van der Waals surface area contributed by atoms with Crippen molar-refractivity contribution in [3.05, 3.63) is 40.0 Å². The Morgan fingerprint density at radius 3 is 2.88 bits per heavy atom. The highest BCUT2D eigenvalue weighted by atomic mass is 32.1. The van der Waals surface area contributed by atoms with Gasteiger partial charge in [-0.3, -0.25) is 10.1 Å². The van der Waals surface area contributed by atoms with Crippen LogP contribution in [0.4, 0.5) is 5.13 Å². The first kappa shape index (κ1) is 16.6. The van der Waals surface area contributed by atoms with Gasteiger partial charge in [-0.15, -0.1) is 10.2 Å². The van der Waals surface area contributed by atoms with Crippen LogP contribution >= 0.6 is 11.3 Å². The van der Waals surface area contributed by atoms with Crippen molar-refractivity contribution in [3.63, 3.8) is 0 Å². The van der Waals surface area contributed by atoms with Gasteiger partial charge in [0.2, 0.25) is 5.13 Å². The van der Waals surface area contributed by atoms with Gasteiger partial charge >= 0.3 is 0 Å². The first-order chi connectivity index (χ1) is 11.5. The van der Waals surface area contributed by atoms with Crippen LogP contribution in [0.2, 0.25) is 0 Å².